The second-order valence-corrected chi connectivity index (χ2v) is 7.67. The lowest BCUT2D eigenvalue weighted by molar-refractivity contribution is 0.312. The van der Waals surface area contributed by atoms with Crippen LogP contribution in [0.2, 0.25) is 0 Å². The Labute approximate surface area is 167 Å². The number of para-hydroxylation sites is 1. The molecular weight excluding hydrogens is 355 g/mol. The summed E-state index contributed by atoms with van der Waals surface area (Å²) in [5, 5.41) is 4.35. The van der Waals surface area contributed by atoms with Crippen LogP contribution in [0.15, 0.2) is 42.5 Å². The van der Waals surface area contributed by atoms with Gasteiger partial charge in [0.15, 0.2) is 5.11 Å². The van der Waals surface area contributed by atoms with Gasteiger partial charge >= 0.3 is 0 Å². The first-order chi connectivity index (χ1) is 13.1. The molecule has 0 aliphatic heterocycles. The molecule has 1 fully saturated rings. The highest BCUT2D eigenvalue weighted by atomic mass is 32.1. The van der Waals surface area contributed by atoms with Gasteiger partial charge in [-0.15, -0.1) is 0 Å². The fraction of sp³-hybridized carbons (Fsp3) is 0.435. The molecule has 0 radical (unpaired) electrons. The summed E-state index contributed by atoms with van der Waals surface area (Å²) < 4.78 is 13.3. The van der Waals surface area contributed by atoms with E-state index in [9.17, 15) is 4.39 Å². The summed E-state index contributed by atoms with van der Waals surface area (Å²) in [4.78, 5) is 2.31. The number of benzene rings is 2. The molecule has 1 N–H and O–H groups in total. The summed E-state index contributed by atoms with van der Waals surface area (Å²) in [5.74, 6) is -0.198. The van der Waals surface area contributed by atoms with E-state index in [1.54, 1.807) is 0 Å². The lowest BCUT2D eigenvalue weighted by atomic mass is 10.0. The van der Waals surface area contributed by atoms with E-state index in [-0.39, 0.29) is 5.82 Å². The predicted octanol–water partition coefficient (Wildman–Crippen LogP) is 6.09. The Balaban J connectivity index is 1.84. The molecule has 2 aromatic rings. The molecule has 27 heavy (non-hydrogen) atoms. The maximum Gasteiger partial charge on any atom is 0.173 e. The van der Waals surface area contributed by atoms with E-state index in [4.69, 9.17) is 12.2 Å². The van der Waals surface area contributed by atoms with Gasteiger partial charge in [-0.1, -0.05) is 57.0 Å². The zero-order chi connectivity index (χ0) is 19.2. The lowest BCUT2D eigenvalue weighted by Gasteiger charge is -2.32. The van der Waals surface area contributed by atoms with Gasteiger partial charge in [-0.05, 0) is 66.7 Å². The molecule has 1 saturated carbocycles. The van der Waals surface area contributed by atoms with Crippen LogP contribution >= 0.6 is 12.2 Å². The van der Waals surface area contributed by atoms with Gasteiger partial charge in [0.2, 0.25) is 0 Å². The minimum atomic E-state index is -0.198. The first-order valence-electron chi connectivity index (χ1n) is 10.0. The Morgan fingerprint density at radius 2 is 1.63 bits per heavy atom. The van der Waals surface area contributed by atoms with Crippen LogP contribution in [0.1, 0.15) is 56.2 Å². The maximum atomic E-state index is 13.3. The van der Waals surface area contributed by atoms with Gasteiger partial charge < -0.3 is 10.2 Å². The highest BCUT2D eigenvalue weighted by Gasteiger charge is 2.25. The van der Waals surface area contributed by atoms with E-state index in [0.29, 0.717) is 12.6 Å². The molecule has 0 atom stereocenters. The molecule has 0 aromatic heterocycles. The molecule has 0 saturated heterocycles. The quantitative estimate of drug-likeness (QED) is 0.607. The SMILES string of the molecule is CCc1cccc(CC)c1NC(=S)N(Cc1ccc(F)cc1)C1CCCC1. The summed E-state index contributed by atoms with van der Waals surface area (Å²) in [7, 11) is 0. The van der Waals surface area contributed by atoms with Crippen molar-refractivity contribution in [3.05, 3.63) is 65.0 Å². The van der Waals surface area contributed by atoms with Crippen molar-refractivity contribution in [1.29, 1.82) is 0 Å². The topological polar surface area (TPSA) is 15.3 Å². The van der Waals surface area contributed by atoms with Crippen molar-refractivity contribution >= 4 is 23.0 Å². The summed E-state index contributed by atoms with van der Waals surface area (Å²) >= 11 is 5.87. The molecule has 2 aromatic carbocycles. The van der Waals surface area contributed by atoms with Crippen molar-refractivity contribution in [3.63, 3.8) is 0 Å². The largest absolute Gasteiger partial charge is 0.342 e. The van der Waals surface area contributed by atoms with Gasteiger partial charge in [-0.25, -0.2) is 4.39 Å². The minimum Gasteiger partial charge on any atom is -0.342 e. The van der Waals surface area contributed by atoms with E-state index in [1.807, 2.05) is 12.1 Å². The number of anilines is 1. The van der Waals surface area contributed by atoms with Crippen LogP contribution in [0, 0.1) is 5.82 Å². The van der Waals surface area contributed by atoms with Gasteiger partial charge in [0, 0.05) is 18.3 Å². The summed E-state index contributed by atoms with van der Waals surface area (Å²) in [5.41, 5.74) is 4.84. The average molecular weight is 385 g/mol. The molecule has 4 heteroatoms. The average Bonchev–Trinajstić information content (AvgIpc) is 3.22. The monoisotopic (exact) mass is 384 g/mol. The Kier molecular flexibility index (Phi) is 6.84. The first-order valence-corrected chi connectivity index (χ1v) is 10.5. The molecule has 0 bridgehead atoms. The number of halogens is 1. The molecule has 3 rings (SSSR count). The Bertz CT molecular complexity index is 744. The van der Waals surface area contributed by atoms with E-state index in [0.717, 1.165) is 29.2 Å². The number of aryl methyl sites for hydroxylation is 2. The van der Waals surface area contributed by atoms with Crippen LogP contribution in [-0.4, -0.2) is 16.1 Å². The number of nitrogens with one attached hydrogen (secondary N) is 1. The second kappa shape index (κ2) is 9.32. The normalized spacial score (nSPS) is 14.3. The van der Waals surface area contributed by atoms with Gasteiger partial charge in [0.1, 0.15) is 5.82 Å². The number of hydrogen-bond donors (Lipinski definition) is 1. The highest BCUT2D eigenvalue weighted by Crippen LogP contribution is 2.28. The summed E-state index contributed by atoms with van der Waals surface area (Å²) in [6, 6.07) is 13.7. The Morgan fingerprint density at radius 3 is 2.19 bits per heavy atom. The molecule has 0 heterocycles. The Hall–Kier alpha value is -1.94. The van der Waals surface area contributed by atoms with Crippen LogP contribution < -0.4 is 5.32 Å². The van der Waals surface area contributed by atoms with Crippen molar-refractivity contribution in [2.24, 2.45) is 0 Å². The fourth-order valence-electron chi connectivity index (χ4n) is 3.95. The number of nitrogens with zero attached hydrogens (tertiary/aromatic N) is 1. The van der Waals surface area contributed by atoms with Gasteiger partial charge in [-0.3, -0.25) is 0 Å². The van der Waals surface area contributed by atoms with Gasteiger partial charge in [0.05, 0.1) is 0 Å². The van der Waals surface area contributed by atoms with Crippen molar-refractivity contribution < 1.29 is 4.39 Å². The zero-order valence-electron chi connectivity index (χ0n) is 16.3. The molecule has 0 spiro atoms. The van der Waals surface area contributed by atoms with Crippen molar-refractivity contribution in [2.45, 2.75) is 65.0 Å². The molecule has 1 aliphatic carbocycles. The molecule has 2 nitrogen and oxygen atoms in total. The highest BCUT2D eigenvalue weighted by molar-refractivity contribution is 7.80. The number of thiocarbonyl (C=S) groups is 1. The van der Waals surface area contributed by atoms with Crippen LogP contribution in [0.5, 0.6) is 0 Å². The lowest BCUT2D eigenvalue weighted by Crippen LogP contribution is -2.41. The number of hydrogen-bond acceptors (Lipinski definition) is 1. The molecule has 0 amide bonds. The third-order valence-electron chi connectivity index (χ3n) is 5.52. The Morgan fingerprint density at radius 1 is 1.04 bits per heavy atom. The van der Waals surface area contributed by atoms with Crippen molar-refractivity contribution in [3.8, 4) is 0 Å². The first kappa shape index (κ1) is 19.8. The van der Waals surface area contributed by atoms with Crippen molar-refractivity contribution in [1.82, 2.24) is 4.90 Å². The fourth-order valence-corrected chi connectivity index (χ4v) is 4.27. The van der Waals surface area contributed by atoms with Crippen LogP contribution in [0.25, 0.3) is 0 Å². The van der Waals surface area contributed by atoms with Crippen LogP contribution in [-0.2, 0) is 19.4 Å². The summed E-state index contributed by atoms with van der Waals surface area (Å²) in [6.45, 7) is 5.07. The minimum absolute atomic E-state index is 0.198. The van der Waals surface area contributed by atoms with Crippen LogP contribution in [0.3, 0.4) is 0 Å². The molecule has 144 valence electrons. The van der Waals surface area contributed by atoms with E-state index < -0.39 is 0 Å². The standard InChI is InChI=1S/C23H29FN2S/c1-3-18-8-7-9-19(4-2)22(18)25-23(27)26(21-10-5-6-11-21)16-17-12-14-20(24)15-13-17/h7-9,12-15,21H,3-6,10-11,16H2,1-2H3,(H,25,27). The number of rotatable bonds is 6. The molecule has 1 aliphatic rings. The third kappa shape index (κ3) is 4.86. The van der Waals surface area contributed by atoms with E-state index in [1.165, 1.54) is 48.9 Å². The van der Waals surface area contributed by atoms with Gasteiger partial charge in [0.25, 0.3) is 0 Å². The van der Waals surface area contributed by atoms with E-state index >= 15 is 0 Å². The predicted molar refractivity (Wildman–Crippen MR) is 116 cm³/mol. The molecule has 0 unspecified atom stereocenters. The van der Waals surface area contributed by atoms with Gasteiger partial charge in [-0.2, -0.15) is 0 Å². The van der Waals surface area contributed by atoms with E-state index in [2.05, 4.69) is 42.3 Å². The second-order valence-electron chi connectivity index (χ2n) is 7.28. The van der Waals surface area contributed by atoms with Crippen LogP contribution in [0.4, 0.5) is 10.1 Å². The zero-order valence-corrected chi connectivity index (χ0v) is 17.1. The third-order valence-corrected chi connectivity index (χ3v) is 5.86. The molecular formula is C23H29FN2S. The smallest absolute Gasteiger partial charge is 0.173 e. The van der Waals surface area contributed by atoms with Crippen molar-refractivity contribution in [2.75, 3.05) is 5.32 Å². The maximum absolute atomic E-state index is 13.3. The summed E-state index contributed by atoms with van der Waals surface area (Å²) in [6.07, 6.45) is 6.77.